The fourth-order valence-electron chi connectivity index (χ4n) is 4.07. The molecule has 30 heavy (non-hydrogen) atoms. The van der Waals surface area contributed by atoms with Crippen molar-refractivity contribution in [2.45, 2.75) is 13.0 Å². The summed E-state index contributed by atoms with van der Waals surface area (Å²) in [5, 5.41) is 0. The summed E-state index contributed by atoms with van der Waals surface area (Å²) in [6.45, 7) is 4.61. The quantitative estimate of drug-likeness (QED) is 0.510. The maximum absolute atomic E-state index is 13.7. The second-order valence-corrected chi connectivity index (χ2v) is 8.57. The Morgan fingerprint density at radius 1 is 0.900 bits per heavy atom. The predicted octanol–water partition coefficient (Wildman–Crippen LogP) is 5.44. The number of hydrogen-bond donors (Lipinski definition) is 0. The van der Waals surface area contributed by atoms with Crippen LogP contribution in [0.1, 0.15) is 33.1 Å². The topological polar surface area (TPSA) is 23.6 Å². The first-order valence-corrected chi connectivity index (χ1v) is 10.9. The lowest BCUT2D eigenvalue weighted by Crippen LogP contribution is -2.50. The van der Waals surface area contributed by atoms with Crippen LogP contribution < -0.4 is 0 Å². The van der Waals surface area contributed by atoms with Crippen LogP contribution in [0.15, 0.2) is 77.3 Å². The van der Waals surface area contributed by atoms with Crippen molar-refractivity contribution in [1.82, 2.24) is 9.80 Å². The van der Waals surface area contributed by atoms with E-state index < -0.39 is 0 Å². The summed E-state index contributed by atoms with van der Waals surface area (Å²) < 4.78 is 14.7. The molecule has 154 valence electrons. The first-order chi connectivity index (χ1) is 14.5. The number of carbonyl (C=O) groups is 1. The van der Waals surface area contributed by atoms with E-state index in [0.717, 1.165) is 23.1 Å². The molecule has 1 unspecified atom stereocenters. The zero-order valence-corrected chi connectivity index (χ0v) is 18.5. The average molecular weight is 467 g/mol. The molecule has 3 aromatic carbocycles. The molecule has 1 heterocycles. The highest BCUT2D eigenvalue weighted by atomic mass is 79.9. The van der Waals surface area contributed by atoms with E-state index in [2.05, 4.69) is 69.4 Å². The van der Waals surface area contributed by atoms with E-state index in [1.54, 1.807) is 6.07 Å². The van der Waals surface area contributed by atoms with Crippen molar-refractivity contribution in [3.05, 3.63) is 105 Å². The molecular weight excluding hydrogens is 443 g/mol. The standard InChI is InChI=1S/C25H24BrFN2O/c1-18-7-12-22(27)17-23(18)25(30)29-15-13-28(14-16-29)24(19-5-3-2-4-6-19)20-8-10-21(26)11-9-20/h2-12,17,24H,13-16H2,1H3. The van der Waals surface area contributed by atoms with Crippen LogP contribution in [-0.2, 0) is 0 Å². The average Bonchev–Trinajstić information content (AvgIpc) is 2.78. The Morgan fingerprint density at radius 2 is 1.53 bits per heavy atom. The Hall–Kier alpha value is -2.50. The second kappa shape index (κ2) is 9.11. The summed E-state index contributed by atoms with van der Waals surface area (Å²) in [6, 6.07) is 23.4. The van der Waals surface area contributed by atoms with Crippen molar-refractivity contribution in [2.24, 2.45) is 0 Å². The molecule has 1 amide bonds. The molecule has 1 saturated heterocycles. The number of aryl methyl sites for hydroxylation is 1. The number of amides is 1. The van der Waals surface area contributed by atoms with Crippen LogP contribution in [0.5, 0.6) is 0 Å². The number of benzene rings is 3. The van der Waals surface area contributed by atoms with Gasteiger partial charge in [0.15, 0.2) is 0 Å². The predicted molar refractivity (Wildman–Crippen MR) is 121 cm³/mol. The molecule has 1 aliphatic heterocycles. The van der Waals surface area contributed by atoms with Crippen LogP contribution in [-0.4, -0.2) is 41.9 Å². The summed E-state index contributed by atoms with van der Waals surface area (Å²) in [5.74, 6) is -0.464. The Bertz CT molecular complexity index is 1020. The Balaban J connectivity index is 1.53. The van der Waals surface area contributed by atoms with E-state index in [1.807, 2.05) is 17.9 Å². The molecule has 1 fully saturated rings. The van der Waals surface area contributed by atoms with E-state index in [1.165, 1.54) is 23.3 Å². The van der Waals surface area contributed by atoms with Crippen molar-refractivity contribution in [2.75, 3.05) is 26.2 Å². The Morgan fingerprint density at radius 3 is 2.20 bits per heavy atom. The molecule has 3 nitrogen and oxygen atoms in total. The molecule has 5 heteroatoms. The molecule has 0 N–H and O–H groups in total. The fourth-order valence-corrected chi connectivity index (χ4v) is 4.34. The molecule has 4 rings (SSSR count). The minimum absolute atomic E-state index is 0.0912. The number of nitrogens with zero attached hydrogens (tertiary/aromatic N) is 2. The van der Waals surface area contributed by atoms with Gasteiger partial charge in [0.25, 0.3) is 5.91 Å². The highest BCUT2D eigenvalue weighted by Gasteiger charge is 2.29. The van der Waals surface area contributed by atoms with Crippen LogP contribution in [0, 0.1) is 12.7 Å². The van der Waals surface area contributed by atoms with Gasteiger partial charge in [-0.15, -0.1) is 0 Å². The summed E-state index contributed by atoms with van der Waals surface area (Å²) in [7, 11) is 0. The number of rotatable bonds is 4. The smallest absolute Gasteiger partial charge is 0.254 e. The maximum atomic E-state index is 13.7. The monoisotopic (exact) mass is 466 g/mol. The zero-order valence-electron chi connectivity index (χ0n) is 16.9. The Kier molecular flexibility index (Phi) is 6.30. The molecule has 0 radical (unpaired) electrons. The van der Waals surface area contributed by atoms with Gasteiger partial charge in [-0.2, -0.15) is 0 Å². The van der Waals surface area contributed by atoms with Gasteiger partial charge in [0.2, 0.25) is 0 Å². The minimum Gasteiger partial charge on any atom is -0.336 e. The third-order valence-electron chi connectivity index (χ3n) is 5.70. The third kappa shape index (κ3) is 4.47. The summed E-state index contributed by atoms with van der Waals surface area (Å²) >= 11 is 3.52. The van der Waals surface area contributed by atoms with Crippen molar-refractivity contribution >= 4 is 21.8 Å². The van der Waals surface area contributed by atoms with Crippen LogP contribution in [0.3, 0.4) is 0 Å². The van der Waals surface area contributed by atoms with Crippen LogP contribution >= 0.6 is 15.9 Å². The maximum Gasteiger partial charge on any atom is 0.254 e. The number of piperazine rings is 1. The molecule has 0 saturated carbocycles. The largest absolute Gasteiger partial charge is 0.336 e. The van der Waals surface area contributed by atoms with Crippen molar-refractivity contribution in [1.29, 1.82) is 0 Å². The van der Waals surface area contributed by atoms with Gasteiger partial charge in [-0.05, 0) is 47.9 Å². The second-order valence-electron chi connectivity index (χ2n) is 7.65. The van der Waals surface area contributed by atoms with Crippen molar-refractivity contribution in [3.8, 4) is 0 Å². The first kappa shape index (κ1) is 20.8. The van der Waals surface area contributed by atoms with E-state index in [0.29, 0.717) is 18.7 Å². The number of carbonyl (C=O) groups excluding carboxylic acids is 1. The fraction of sp³-hybridized carbons (Fsp3) is 0.240. The van der Waals surface area contributed by atoms with Gasteiger partial charge in [-0.3, -0.25) is 9.69 Å². The van der Waals surface area contributed by atoms with Crippen LogP contribution in [0.2, 0.25) is 0 Å². The van der Waals surface area contributed by atoms with E-state index in [4.69, 9.17) is 0 Å². The van der Waals surface area contributed by atoms with Crippen molar-refractivity contribution in [3.63, 3.8) is 0 Å². The van der Waals surface area contributed by atoms with Gasteiger partial charge in [-0.25, -0.2) is 4.39 Å². The lowest BCUT2D eigenvalue weighted by atomic mass is 9.96. The van der Waals surface area contributed by atoms with Gasteiger partial charge in [-0.1, -0.05) is 64.5 Å². The zero-order chi connectivity index (χ0) is 21.1. The highest BCUT2D eigenvalue weighted by molar-refractivity contribution is 9.10. The third-order valence-corrected chi connectivity index (χ3v) is 6.23. The molecular formula is C25H24BrFN2O. The molecule has 3 aromatic rings. The lowest BCUT2D eigenvalue weighted by molar-refractivity contribution is 0.0596. The Labute approximate surface area is 185 Å². The van der Waals surface area contributed by atoms with Gasteiger partial charge >= 0.3 is 0 Å². The van der Waals surface area contributed by atoms with Gasteiger partial charge in [0.05, 0.1) is 6.04 Å². The normalized spacial score (nSPS) is 15.8. The van der Waals surface area contributed by atoms with Gasteiger partial charge in [0.1, 0.15) is 5.82 Å². The molecule has 0 bridgehead atoms. The SMILES string of the molecule is Cc1ccc(F)cc1C(=O)N1CCN(C(c2ccccc2)c2ccc(Br)cc2)CC1. The van der Waals surface area contributed by atoms with E-state index in [-0.39, 0.29) is 17.8 Å². The number of hydrogen-bond acceptors (Lipinski definition) is 2. The van der Waals surface area contributed by atoms with E-state index >= 15 is 0 Å². The summed E-state index contributed by atoms with van der Waals surface area (Å²) in [6.07, 6.45) is 0. The van der Waals surface area contributed by atoms with E-state index in [9.17, 15) is 9.18 Å². The van der Waals surface area contributed by atoms with Gasteiger partial charge < -0.3 is 4.90 Å². The summed E-state index contributed by atoms with van der Waals surface area (Å²) in [5.41, 5.74) is 3.72. The van der Waals surface area contributed by atoms with Crippen LogP contribution in [0.4, 0.5) is 4.39 Å². The van der Waals surface area contributed by atoms with Crippen LogP contribution in [0.25, 0.3) is 0 Å². The number of halogens is 2. The lowest BCUT2D eigenvalue weighted by Gasteiger charge is -2.40. The van der Waals surface area contributed by atoms with Crippen molar-refractivity contribution < 1.29 is 9.18 Å². The minimum atomic E-state index is -0.373. The molecule has 0 spiro atoms. The molecule has 1 atom stereocenters. The van der Waals surface area contributed by atoms with Gasteiger partial charge in [0, 0.05) is 36.2 Å². The highest BCUT2D eigenvalue weighted by Crippen LogP contribution is 2.30. The molecule has 0 aromatic heterocycles. The first-order valence-electron chi connectivity index (χ1n) is 10.1. The summed E-state index contributed by atoms with van der Waals surface area (Å²) in [4.78, 5) is 17.2. The molecule has 0 aliphatic carbocycles. The molecule has 1 aliphatic rings.